The second-order valence-corrected chi connectivity index (χ2v) is 5.95. The molecule has 0 saturated carbocycles. The van der Waals surface area contributed by atoms with Crippen molar-refractivity contribution in [1.29, 1.82) is 0 Å². The van der Waals surface area contributed by atoms with E-state index in [9.17, 15) is 9.90 Å². The number of benzene rings is 3. The number of carbonyl (C=O) groups is 1. The van der Waals surface area contributed by atoms with Crippen molar-refractivity contribution >= 4 is 29.2 Å². The van der Waals surface area contributed by atoms with Crippen LogP contribution in [0.4, 0.5) is 16.2 Å². The van der Waals surface area contributed by atoms with Crippen molar-refractivity contribution in [3.63, 3.8) is 0 Å². The molecule has 23 heavy (non-hydrogen) atoms. The van der Waals surface area contributed by atoms with E-state index in [0.29, 0.717) is 11.4 Å². The number of amides is 1. The first kappa shape index (κ1) is 15.2. The van der Waals surface area contributed by atoms with Crippen LogP contribution in [0, 0.1) is 0 Å². The van der Waals surface area contributed by atoms with Crippen molar-refractivity contribution in [2.75, 3.05) is 4.90 Å². The Morgan fingerprint density at radius 2 is 1.35 bits per heavy atom. The van der Waals surface area contributed by atoms with Crippen molar-refractivity contribution in [3.8, 4) is 0 Å². The van der Waals surface area contributed by atoms with Crippen LogP contribution < -0.4 is 4.90 Å². The zero-order valence-corrected chi connectivity index (χ0v) is 13.1. The van der Waals surface area contributed by atoms with E-state index in [0.717, 1.165) is 9.79 Å². The van der Waals surface area contributed by atoms with E-state index < -0.39 is 6.09 Å². The predicted molar refractivity (Wildman–Crippen MR) is 93.6 cm³/mol. The molecule has 0 fully saturated rings. The summed E-state index contributed by atoms with van der Waals surface area (Å²) < 4.78 is 0. The molecule has 0 heterocycles. The molecule has 3 rings (SSSR count). The number of hydrogen-bond acceptors (Lipinski definition) is 2. The standard InChI is InChI=1S/C19H15NO2S/c21-19(22)20(15-9-3-1-4-10-15)17-13-7-8-14-18(17)23-16-11-5-2-6-12-16/h1-14H,(H,21,22). The fraction of sp³-hybridized carbons (Fsp3) is 0. The minimum absolute atomic E-state index is 0.626. The maximum absolute atomic E-state index is 11.8. The molecule has 3 aromatic carbocycles. The molecular formula is C19H15NO2S. The lowest BCUT2D eigenvalue weighted by Gasteiger charge is -2.22. The summed E-state index contributed by atoms with van der Waals surface area (Å²) in [5, 5.41) is 9.69. The van der Waals surface area contributed by atoms with Gasteiger partial charge in [0.05, 0.1) is 11.4 Å². The Morgan fingerprint density at radius 3 is 2.00 bits per heavy atom. The van der Waals surface area contributed by atoms with Crippen molar-refractivity contribution in [2.45, 2.75) is 9.79 Å². The topological polar surface area (TPSA) is 40.5 Å². The van der Waals surface area contributed by atoms with Crippen molar-refractivity contribution in [3.05, 3.63) is 84.9 Å². The third kappa shape index (κ3) is 3.55. The number of nitrogens with zero attached hydrogens (tertiary/aromatic N) is 1. The van der Waals surface area contributed by atoms with Crippen LogP contribution in [0.15, 0.2) is 94.7 Å². The highest BCUT2D eigenvalue weighted by molar-refractivity contribution is 7.99. The van der Waals surface area contributed by atoms with Gasteiger partial charge in [-0.2, -0.15) is 0 Å². The van der Waals surface area contributed by atoms with Gasteiger partial charge in [-0.15, -0.1) is 0 Å². The zero-order valence-electron chi connectivity index (χ0n) is 12.3. The minimum atomic E-state index is -1.00. The Bertz CT molecular complexity index is 791. The minimum Gasteiger partial charge on any atom is -0.464 e. The highest BCUT2D eigenvalue weighted by Crippen LogP contribution is 2.38. The van der Waals surface area contributed by atoms with E-state index in [1.807, 2.05) is 72.8 Å². The molecule has 0 atom stereocenters. The lowest BCUT2D eigenvalue weighted by molar-refractivity contribution is 0.204. The van der Waals surface area contributed by atoms with Crippen molar-refractivity contribution < 1.29 is 9.90 Å². The molecule has 114 valence electrons. The van der Waals surface area contributed by atoms with Gasteiger partial charge in [0.25, 0.3) is 0 Å². The van der Waals surface area contributed by atoms with Crippen LogP contribution in [0.1, 0.15) is 0 Å². The summed E-state index contributed by atoms with van der Waals surface area (Å²) in [7, 11) is 0. The van der Waals surface area contributed by atoms with E-state index in [-0.39, 0.29) is 0 Å². The summed E-state index contributed by atoms with van der Waals surface area (Å²) >= 11 is 1.55. The third-order valence-corrected chi connectivity index (χ3v) is 4.36. The third-order valence-electron chi connectivity index (χ3n) is 3.28. The number of carboxylic acid groups (broad SMARTS) is 1. The molecule has 0 aromatic heterocycles. The van der Waals surface area contributed by atoms with Crippen LogP contribution in [0.25, 0.3) is 0 Å². The fourth-order valence-electron chi connectivity index (χ4n) is 2.27. The molecule has 3 nitrogen and oxygen atoms in total. The molecule has 0 radical (unpaired) electrons. The SMILES string of the molecule is O=C(O)N(c1ccccc1)c1ccccc1Sc1ccccc1. The first-order chi connectivity index (χ1) is 11.3. The zero-order chi connectivity index (χ0) is 16.1. The molecule has 0 saturated heterocycles. The Balaban J connectivity index is 2.03. The molecule has 0 unspecified atom stereocenters. The van der Waals surface area contributed by atoms with Crippen molar-refractivity contribution in [1.82, 2.24) is 0 Å². The summed E-state index contributed by atoms with van der Waals surface area (Å²) in [6, 6.07) is 26.6. The van der Waals surface area contributed by atoms with Gasteiger partial charge in [0.1, 0.15) is 0 Å². The summed E-state index contributed by atoms with van der Waals surface area (Å²) in [6.45, 7) is 0. The average Bonchev–Trinajstić information content (AvgIpc) is 2.58. The molecule has 4 heteroatoms. The highest BCUT2D eigenvalue weighted by atomic mass is 32.2. The van der Waals surface area contributed by atoms with Crippen molar-refractivity contribution in [2.24, 2.45) is 0 Å². The van der Waals surface area contributed by atoms with Crippen LogP contribution in [0.2, 0.25) is 0 Å². The van der Waals surface area contributed by atoms with Gasteiger partial charge in [0.15, 0.2) is 0 Å². The van der Waals surface area contributed by atoms with Gasteiger partial charge in [0.2, 0.25) is 0 Å². The molecule has 0 bridgehead atoms. The quantitative estimate of drug-likeness (QED) is 0.674. The van der Waals surface area contributed by atoms with Gasteiger partial charge >= 0.3 is 6.09 Å². The van der Waals surface area contributed by atoms with E-state index in [2.05, 4.69) is 0 Å². The second kappa shape index (κ2) is 7.03. The van der Waals surface area contributed by atoms with Gasteiger partial charge in [-0.1, -0.05) is 60.3 Å². The summed E-state index contributed by atoms with van der Waals surface area (Å²) in [5.74, 6) is 0. The predicted octanol–water partition coefficient (Wildman–Crippen LogP) is 5.65. The number of anilines is 2. The summed E-state index contributed by atoms with van der Waals surface area (Å²) in [4.78, 5) is 15.1. The van der Waals surface area contributed by atoms with Crippen LogP contribution in [0.5, 0.6) is 0 Å². The molecule has 0 aliphatic rings. The maximum Gasteiger partial charge on any atom is 0.416 e. The molecule has 0 spiro atoms. The summed E-state index contributed by atoms with van der Waals surface area (Å²) in [6.07, 6.45) is -1.00. The van der Waals surface area contributed by atoms with Crippen LogP contribution in [0.3, 0.4) is 0 Å². The molecule has 1 amide bonds. The van der Waals surface area contributed by atoms with Gasteiger partial charge in [0, 0.05) is 9.79 Å². The molecule has 3 aromatic rings. The lowest BCUT2D eigenvalue weighted by atomic mass is 10.2. The number of hydrogen-bond donors (Lipinski definition) is 1. The van der Waals surface area contributed by atoms with Gasteiger partial charge < -0.3 is 5.11 Å². The van der Waals surface area contributed by atoms with Crippen LogP contribution in [-0.4, -0.2) is 11.2 Å². The molecule has 1 N–H and O–H groups in total. The van der Waals surface area contributed by atoms with Crippen LogP contribution >= 0.6 is 11.8 Å². The summed E-state index contributed by atoms with van der Waals surface area (Å²) in [5.41, 5.74) is 1.28. The molecular weight excluding hydrogens is 306 g/mol. The average molecular weight is 321 g/mol. The smallest absolute Gasteiger partial charge is 0.416 e. The lowest BCUT2D eigenvalue weighted by Crippen LogP contribution is -2.24. The first-order valence-electron chi connectivity index (χ1n) is 7.16. The van der Waals surface area contributed by atoms with Crippen LogP contribution in [-0.2, 0) is 0 Å². The number of para-hydroxylation sites is 2. The van der Waals surface area contributed by atoms with E-state index in [4.69, 9.17) is 0 Å². The normalized spacial score (nSPS) is 10.3. The Hall–Kier alpha value is -2.72. The molecule has 0 aliphatic heterocycles. The fourth-order valence-corrected chi connectivity index (χ4v) is 3.23. The Labute approximate surface area is 139 Å². The van der Waals surface area contributed by atoms with E-state index in [1.165, 1.54) is 4.90 Å². The second-order valence-electron chi connectivity index (χ2n) is 4.84. The van der Waals surface area contributed by atoms with Gasteiger partial charge in [-0.3, -0.25) is 0 Å². The largest absolute Gasteiger partial charge is 0.464 e. The van der Waals surface area contributed by atoms with E-state index in [1.54, 1.807) is 23.9 Å². The van der Waals surface area contributed by atoms with Gasteiger partial charge in [-0.25, -0.2) is 9.69 Å². The molecule has 0 aliphatic carbocycles. The maximum atomic E-state index is 11.8. The Morgan fingerprint density at radius 1 is 0.783 bits per heavy atom. The number of rotatable bonds is 4. The van der Waals surface area contributed by atoms with Gasteiger partial charge in [-0.05, 0) is 36.4 Å². The highest BCUT2D eigenvalue weighted by Gasteiger charge is 2.19. The Kier molecular flexibility index (Phi) is 4.64. The monoisotopic (exact) mass is 321 g/mol. The van der Waals surface area contributed by atoms with E-state index >= 15 is 0 Å². The first-order valence-corrected chi connectivity index (χ1v) is 7.97.